The molecular weight excluding hydrogens is 490 g/mol. The lowest BCUT2D eigenvalue weighted by atomic mass is 10.1. The molecule has 0 aliphatic carbocycles. The third-order valence-corrected chi connectivity index (χ3v) is 7.39. The van der Waals surface area contributed by atoms with E-state index in [2.05, 4.69) is 106 Å². The summed E-state index contributed by atoms with van der Waals surface area (Å²) in [5.74, 6) is 1.77. The molecule has 0 saturated heterocycles. The third-order valence-electron chi connectivity index (χ3n) is 7.39. The first kappa shape index (κ1) is 22.4. The largest absolute Gasteiger partial charge is 0.292 e. The van der Waals surface area contributed by atoms with Gasteiger partial charge in [-0.15, -0.1) is 0 Å². The molecule has 0 amide bonds. The minimum Gasteiger partial charge on any atom is -0.292 e. The van der Waals surface area contributed by atoms with Crippen LogP contribution >= 0.6 is 0 Å². The molecule has 0 bridgehead atoms. The second-order valence-corrected chi connectivity index (χ2v) is 9.79. The van der Waals surface area contributed by atoms with E-state index < -0.39 is 0 Å². The molecule has 188 valence electrons. The van der Waals surface area contributed by atoms with Crippen molar-refractivity contribution in [3.63, 3.8) is 0 Å². The van der Waals surface area contributed by atoms with E-state index in [4.69, 9.17) is 15.0 Å². The Kier molecular flexibility index (Phi) is 5.07. The maximum Gasteiger partial charge on any atom is 0.146 e. The molecule has 0 aliphatic rings. The van der Waals surface area contributed by atoms with Crippen molar-refractivity contribution in [3.8, 4) is 39.7 Å². The summed E-state index contributed by atoms with van der Waals surface area (Å²) in [6.07, 6.45) is 1.84. The number of hydrogen-bond donors (Lipinski definition) is 0. The standard InChI is InChI=1S/C35H23N5/c1-3-10-24(11-4-1)32-31-22-21-25-12-9-23-36-33(25)40(31)35(38-32)27-19-17-26(18-20-27)34-37-29-15-7-8-16-30(29)39(34)28-13-5-2-6-14-28/h1-23H. The van der Waals surface area contributed by atoms with Crippen LogP contribution in [0.25, 0.3) is 67.3 Å². The van der Waals surface area contributed by atoms with Gasteiger partial charge < -0.3 is 0 Å². The normalized spacial score (nSPS) is 11.5. The van der Waals surface area contributed by atoms with E-state index in [0.29, 0.717) is 0 Å². The van der Waals surface area contributed by atoms with E-state index in [1.54, 1.807) is 0 Å². The van der Waals surface area contributed by atoms with Crippen LogP contribution in [0.5, 0.6) is 0 Å². The van der Waals surface area contributed by atoms with Gasteiger partial charge in [0.05, 0.1) is 22.2 Å². The summed E-state index contributed by atoms with van der Waals surface area (Å²) in [5.41, 5.74) is 9.12. The zero-order valence-corrected chi connectivity index (χ0v) is 21.5. The number of rotatable bonds is 4. The Bertz CT molecular complexity index is 2140. The quantitative estimate of drug-likeness (QED) is 0.238. The van der Waals surface area contributed by atoms with Gasteiger partial charge in [0.15, 0.2) is 0 Å². The first-order chi connectivity index (χ1) is 19.8. The van der Waals surface area contributed by atoms with Gasteiger partial charge >= 0.3 is 0 Å². The summed E-state index contributed by atoms with van der Waals surface area (Å²) in [6, 6.07) is 45.8. The van der Waals surface area contributed by atoms with Crippen LogP contribution < -0.4 is 0 Å². The van der Waals surface area contributed by atoms with Crippen molar-refractivity contribution in [1.82, 2.24) is 23.9 Å². The lowest BCUT2D eigenvalue weighted by molar-refractivity contribution is 1.10. The van der Waals surface area contributed by atoms with Crippen LogP contribution in [-0.4, -0.2) is 23.9 Å². The first-order valence-electron chi connectivity index (χ1n) is 13.3. The molecule has 5 nitrogen and oxygen atoms in total. The monoisotopic (exact) mass is 513 g/mol. The lowest BCUT2D eigenvalue weighted by Gasteiger charge is -2.10. The van der Waals surface area contributed by atoms with E-state index in [0.717, 1.165) is 67.3 Å². The number of imidazole rings is 2. The highest BCUT2D eigenvalue weighted by molar-refractivity contribution is 5.90. The number of benzene rings is 4. The fourth-order valence-corrected chi connectivity index (χ4v) is 5.52. The van der Waals surface area contributed by atoms with E-state index in [-0.39, 0.29) is 0 Å². The fraction of sp³-hybridized carbons (Fsp3) is 0. The van der Waals surface area contributed by atoms with Gasteiger partial charge in [-0.3, -0.25) is 8.97 Å². The Morgan fingerprint density at radius 1 is 0.475 bits per heavy atom. The Labute approximate surface area is 230 Å². The van der Waals surface area contributed by atoms with Crippen LogP contribution in [0, 0.1) is 0 Å². The molecule has 0 atom stereocenters. The molecule has 4 aromatic heterocycles. The molecule has 4 aromatic carbocycles. The maximum atomic E-state index is 5.18. The molecule has 0 spiro atoms. The molecule has 8 aromatic rings. The molecule has 8 rings (SSSR count). The van der Waals surface area contributed by atoms with E-state index >= 15 is 0 Å². The van der Waals surface area contributed by atoms with Gasteiger partial charge in [0, 0.05) is 34.0 Å². The van der Waals surface area contributed by atoms with Crippen molar-refractivity contribution in [2.45, 2.75) is 0 Å². The average molecular weight is 514 g/mol. The Morgan fingerprint density at radius 3 is 1.98 bits per heavy atom. The zero-order valence-electron chi connectivity index (χ0n) is 21.5. The molecule has 4 heterocycles. The third kappa shape index (κ3) is 3.52. The van der Waals surface area contributed by atoms with Gasteiger partial charge in [0.2, 0.25) is 0 Å². The summed E-state index contributed by atoms with van der Waals surface area (Å²) < 4.78 is 4.39. The van der Waals surface area contributed by atoms with Crippen molar-refractivity contribution >= 4 is 27.6 Å². The number of nitrogens with zero attached hydrogens (tertiary/aromatic N) is 5. The Hall–Kier alpha value is -5.55. The number of fused-ring (bicyclic) bond motifs is 4. The van der Waals surface area contributed by atoms with Gasteiger partial charge in [-0.05, 0) is 48.5 Å². The van der Waals surface area contributed by atoms with Crippen LogP contribution in [0.3, 0.4) is 0 Å². The zero-order chi connectivity index (χ0) is 26.5. The molecule has 0 radical (unpaired) electrons. The molecule has 40 heavy (non-hydrogen) atoms. The predicted octanol–water partition coefficient (Wildman–Crippen LogP) is 8.22. The lowest BCUT2D eigenvalue weighted by Crippen LogP contribution is -1.97. The highest BCUT2D eigenvalue weighted by Gasteiger charge is 2.18. The van der Waals surface area contributed by atoms with Crippen LogP contribution in [0.4, 0.5) is 0 Å². The summed E-state index contributed by atoms with van der Waals surface area (Å²) in [6.45, 7) is 0. The van der Waals surface area contributed by atoms with Crippen LogP contribution in [0.2, 0.25) is 0 Å². The maximum absolute atomic E-state index is 5.18. The highest BCUT2D eigenvalue weighted by Crippen LogP contribution is 2.34. The number of pyridine rings is 2. The average Bonchev–Trinajstić information content (AvgIpc) is 3.62. The molecule has 0 aliphatic heterocycles. The molecule has 0 saturated carbocycles. The van der Waals surface area contributed by atoms with Crippen molar-refractivity contribution in [2.24, 2.45) is 0 Å². The van der Waals surface area contributed by atoms with E-state index in [1.807, 2.05) is 42.6 Å². The van der Waals surface area contributed by atoms with Gasteiger partial charge in [0.25, 0.3) is 0 Å². The minimum absolute atomic E-state index is 0.862. The van der Waals surface area contributed by atoms with Gasteiger partial charge in [-0.1, -0.05) is 84.9 Å². The van der Waals surface area contributed by atoms with Crippen molar-refractivity contribution in [1.29, 1.82) is 0 Å². The second-order valence-electron chi connectivity index (χ2n) is 9.79. The smallest absolute Gasteiger partial charge is 0.146 e. The minimum atomic E-state index is 0.862. The number of para-hydroxylation sites is 3. The topological polar surface area (TPSA) is 48.0 Å². The number of hydrogen-bond acceptors (Lipinski definition) is 3. The summed E-state index contributed by atoms with van der Waals surface area (Å²) in [4.78, 5) is 15.0. The molecule has 0 unspecified atom stereocenters. The molecule has 0 N–H and O–H groups in total. The predicted molar refractivity (Wildman–Crippen MR) is 161 cm³/mol. The summed E-state index contributed by atoms with van der Waals surface area (Å²) in [5, 5.41) is 1.07. The summed E-state index contributed by atoms with van der Waals surface area (Å²) in [7, 11) is 0. The first-order valence-corrected chi connectivity index (χ1v) is 13.3. The van der Waals surface area contributed by atoms with Crippen molar-refractivity contribution < 1.29 is 0 Å². The van der Waals surface area contributed by atoms with Crippen LogP contribution in [0.1, 0.15) is 0 Å². The molecular formula is C35H23N5. The summed E-state index contributed by atoms with van der Waals surface area (Å²) >= 11 is 0. The van der Waals surface area contributed by atoms with Crippen LogP contribution in [0.15, 0.2) is 140 Å². The van der Waals surface area contributed by atoms with Gasteiger partial charge in [-0.2, -0.15) is 0 Å². The van der Waals surface area contributed by atoms with Gasteiger partial charge in [0.1, 0.15) is 17.3 Å². The Balaban J connectivity index is 1.32. The molecule has 0 fully saturated rings. The van der Waals surface area contributed by atoms with Gasteiger partial charge in [-0.25, -0.2) is 15.0 Å². The Morgan fingerprint density at radius 2 is 1.18 bits per heavy atom. The van der Waals surface area contributed by atoms with E-state index in [9.17, 15) is 0 Å². The van der Waals surface area contributed by atoms with E-state index in [1.165, 1.54) is 0 Å². The van der Waals surface area contributed by atoms with Crippen LogP contribution in [-0.2, 0) is 0 Å². The van der Waals surface area contributed by atoms with Crippen molar-refractivity contribution in [2.75, 3.05) is 0 Å². The SMILES string of the molecule is c1ccc(-c2nc(-c3ccc(-c4nc5ccccc5n4-c4ccccc4)cc3)n3c2ccc2cccnc23)cc1. The number of aromatic nitrogens is 5. The molecule has 5 heteroatoms. The second kappa shape index (κ2) is 9.03. The highest BCUT2D eigenvalue weighted by atomic mass is 15.1. The van der Waals surface area contributed by atoms with Crippen molar-refractivity contribution in [3.05, 3.63) is 140 Å². The fourth-order valence-electron chi connectivity index (χ4n) is 5.52.